The summed E-state index contributed by atoms with van der Waals surface area (Å²) in [7, 11) is -4.06. The maximum atomic E-state index is 13.5. The minimum atomic E-state index is -4.06. The van der Waals surface area contributed by atoms with Crippen LogP contribution < -0.4 is 14.4 Å². The number of carbonyl (C=O) groups is 2. The molecule has 0 fully saturated rings. The predicted octanol–water partition coefficient (Wildman–Crippen LogP) is 5.52. The number of anilines is 2. The highest BCUT2D eigenvalue weighted by Gasteiger charge is 2.27. The van der Waals surface area contributed by atoms with Gasteiger partial charge in [0.2, 0.25) is 5.91 Å². The summed E-state index contributed by atoms with van der Waals surface area (Å²) in [6.45, 7) is 0.959. The van der Waals surface area contributed by atoms with Gasteiger partial charge in [0.25, 0.3) is 10.0 Å². The van der Waals surface area contributed by atoms with E-state index < -0.39 is 22.5 Å². The van der Waals surface area contributed by atoms with E-state index >= 15 is 0 Å². The van der Waals surface area contributed by atoms with E-state index in [0.29, 0.717) is 28.4 Å². The predicted molar refractivity (Wildman–Crippen MR) is 139 cm³/mol. The molecular weight excluding hydrogens is 476 g/mol. The zero-order chi connectivity index (χ0) is 25.5. The first-order chi connectivity index (χ1) is 17.3. The number of para-hydroxylation sites is 1. The van der Waals surface area contributed by atoms with Gasteiger partial charge in [-0.2, -0.15) is 0 Å². The Hall–Kier alpha value is -4.43. The average molecular weight is 501 g/mol. The lowest BCUT2D eigenvalue weighted by Crippen LogP contribution is -2.38. The normalized spacial score (nSPS) is 10.9. The molecule has 7 nitrogen and oxygen atoms in total. The van der Waals surface area contributed by atoms with E-state index in [1.165, 1.54) is 19.1 Å². The minimum Gasteiger partial charge on any atom is -0.457 e. The van der Waals surface area contributed by atoms with Gasteiger partial charge in [-0.25, -0.2) is 8.42 Å². The molecular formula is C28H24N2O5S. The van der Waals surface area contributed by atoms with E-state index in [-0.39, 0.29) is 10.7 Å². The van der Waals surface area contributed by atoms with Crippen molar-refractivity contribution in [3.8, 4) is 11.5 Å². The molecule has 0 unspecified atom stereocenters. The maximum Gasteiger partial charge on any atom is 0.264 e. The van der Waals surface area contributed by atoms with Crippen molar-refractivity contribution in [1.29, 1.82) is 0 Å². The van der Waals surface area contributed by atoms with Crippen LogP contribution in [0.25, 0.3) is 0 Å². The SMILES string of the molecule is CC(=O)c1cccc(NC(=O)CN(c2ccc(Oc3ccccc3)cc2)S(=O)(=O)c2ccccc2)c1. The molecule has 36 heavy (non-hydrogen) atoms. The molecule has 0 heterocycles. The summed E-state index contributed by atoms with van der Waals surface area (Å²) in [5, 5.41) is 2.68. The number of carbonyl (C=O) groups excluding carboxylic acids is 2. The third-order valence-electron chi connectivity index (χ3n) is 5.27. The first-order valence-electron chi connectivity index (χ1n) is 11.1. The number of rotatable bonds is 9. The van der Waals surface area contributed by atoms with Gasteiger partial charge < -0.3 is 10.1 Å². The van der Waals surface area contributed by atoms with Gasteiger partial charge in [-0.05, 0) is 67.6 Å². The van der Waals surface area contributed by atoms with Crippen molar-refractivity contribution in [2.45, 2.75) is 11.8 Å². The van der Waals surface area contributed by atoms with Gasteiger partial charge in [0, 0.05) is 11.3 Å². The Bertz CT molecular complexity index is 1460. The third-order valence-corrected chi connectivity index (χ3v) is 7.06. The van der Waals surface area contributed by atoms with Crippen LogP contribution >= 0.6 is 0 Å². The summed E-state index contributed by atoms with van der Waals surface area (Å²) in [5.41, 5.74) is 1.14. The maximum absolute atomic E-state index is 13.5. The van der Waals surface area contributed by atoms with E-state index in [0.717, 1.165) is 4.31 Å². The fourth-order valence-electron chi connectivity index (χ4n) is 3.49. The summed E-state index contributed by atoms with van der Waals surface area (Å²) in [6.07, 6.45) is 0. The number of sulfonamides is 1. The Morgan fingerprint density at radius 1 is 0.778 bits per heavy atom. The van der Waals surface area contributed by atoms with E-state index in [2.05, 4.69) is 5.32 Å². The molecule has 0 aliphatic heterocycles. The molecule has 1 amide bonds. The van der Waals surface area contributed by atoms with Crippen molar-refractivity contribution < 1.29 is 22.7 Å². The molecule has 0 aromatic heterocycles. The number of ketones is 1. The van der Waals surface area contributed by atoms with E-state index in [1.807, 2.05) is 30.3 Å². The van der Waals surface area contributed by atoms with Crippen molar-refractivity contribution in [3.05, 3.63) is 115 Å². The molecule has 8 heteroatoms. The molecule has 0 saturated carbocycles. The fraction of sp³-hybridized carbons (Fsp3) is 0.0714. The van der Waals surface area contributed by atoms with E-state index in [4.69, 9.17) is 4.74 Å². The van der Waals surface area contributed by atoms with Gasteiger partial charge >= 0.3 is 0 Å². The van der Waals surface area contributed by atoms with Crippen LogP contribution in [0.3, 0.4) is 0 Å². The number of hydrogen-bond acceptors (Lipinski definition) is 5. The van der Waals surface area contributed by atoms with Crippen molar-refractivity contribution in [1.82, 2.24) is 0 Å². The molecule has 1 N–H and O–H groups in total. The molecule has 0 aliphatic carbocycles. The third kappa shape index (κ3) is 5.97. The van der Waals surface area contributed by atoms with Gasteiger partial charge in [0.05, 0.1) is 10.6 Å². The second-order valence-electron chi connectivity index (χ2n) is 7.92. The number of hydrogen-bond donors (Lipinski definition) is 1. The summed E-state index contributed by atoms with van der Waals surface area (Å²) in [6, 6.07) is 30.0. The van der Waals surface area contributed by atoms with Gasteiger partial charge in [-0.15, -0.1) is 0 Å². The average Bonchev–Trinajstić information content (AvgIpc) is 2.89. The van der Waals surface area contributed by atoms with Crippen LogP contribution in [0.4, 0.5) is 11.4 Å². The lowest BCUT2D eigenvalue weighted by atomic mass is 10.1. The molecule has 4 aromatic rings. The molecule has 0 aliphatic rings. The lowest BCUT2D eigenvalue weighted by molar-refractivity contribution is -0.114. The fourth-order valence-corrected chi connectivity index (χ4v) is 4.93. The number of amides is 1. The van der Waals surface area contributed by atoms with Crippen LogP contribution in [0.15, 0.2) is 114 Å². The zero-order valence-electron chi connectivity index (χ0n) is 19.5. The lowest BCUT2D eigenvalue weighted by Gasteiger charge is -2.24. The van der Waals surface area contributed by atoms with Crippen LogP contribution in [0, 0.1) is 0 Å². The van der Waals surface area contributed by atoms with Gasteiger partial charge in [0.1, 0.15) is 18.0 Å². The Labute approximate surface area is 210 Å². The van der Waals surface area contributed by atoms with Crippen LogP contribution in [-0.4, -0.2) is 26.7 Å². The summed E-state index contributed by atoms with van der Waals surface area (Å²) in [5.74, 6) is 0.468. The monoisotopic (exact) mass is 500 g/mol. The van der Waals surface area contributed by atoms with Crippen molar-refractivity contribution in [2.75, 3.05) is 16.2 Å². The number of benzene rings is 4. The van der Waals surface area contributed by atoms with Crippen molar-refractivity contribution in [2.24, 2.45) is 0 Å². The van der Waals surface area contributed by atoms with Gasteiger partial charge in [0.15, 0.2) is 5.78 Å². The Morgan fingerprint density at radius 3 is 2.03 bits per heavy atom. The van der Waals surface area contributed by atoms with Crippen molar-refractivity contribution >= 4 is 33.1 Å². The van der Waals surface area contributed by atoms with E-state index in [1.54, 1.807) is 66.7 Å². The number of nitrogens with one attached hydrogen (secondary N) is 1. The van der Waals surface area contributed by atoms with Gasteiger partial charge in [-0.1, -0.05) is 48.5 Å². The van der Waals surface area contributed by atoms with Crippen LogP contribution in [0.5, 0.6) is 11.5 Å². The van der Waals surface area contributed by atoms with Crippen LogP contribution in [-0.2, 0) is 14.8 Å². The van der Waals surface area contributed by atoms with Gasteiger partial charge in [-0.3, -0.25) is 13.9 Å². The highest BCUT2D eigenvalue weighted by atomic mass is 32.2. The minimum absolute atomic E-state index is 0.0565. The molecule has 0 spiro atoms. The topological polar surface area (TPSA) is 92.8 Å². The first-order valence-corrected chi connectivity index (χ1v) is 12.6. The van der Waals surface area contributed by atoms with Crippen LogP contribution in [0.1, 0.15) is 17.3 Å². The summed E-state index contributed by atoms with van der Waals surface area (Å²) in [4.78, 5) is 24.7. The second-order valence-corrected chi connectivity index (χ2v) is 9.78. The number of Topliss-reactive ketones (excluding diaryl/α,β-unsaturated/α-hetero) is 1. The zero-order valence-corrected chi connectivity index (χ0v) is 20.3. The highest BCUT2D eigenvalue weighted by Crippen LogP contribution is 2.28. The summed E-state index contributed by atoms with van der Waals surface area (Å²) >= 11 is 0. The number of ether oxygens (including phenoxy) is 1. The quantitative estimate of drug-likeness (QED) is 0.306. The Balaban J connectivity index is 1.61. The smallest absolute Gasteiger partial charge is 0.264 e. The molecule has 4 rings (SSSR count). The van der Waals surface area contributed by atoms with Crippen molar-refractivity contribution in [3.63, 3.8) is 0 Å². The highest BCUT2D eigenvalue weighted by molar-refractivity contribution is 7.92. The molecule has 4 aromatic carbocycles. The Kier molecular flexibility index (Phi) is 7.46. The molecule has 182 valence electrons. The molecule has 0 bridgehead atoms. The molecule has 0 radical (unpaired) electrons. The Morgan fingerprint density at radius 2 is 1.39 bits per heavy atom. The second kappa shape index (κ2) is 10.9. The summed E-state index contributed by atoms with van der Waals surface area (Å²) < 4.78 is 33.9. The van der Waals surface area contributed by atoms with Crippen LogP contribution in [0.2, 0.25) is 0 Å². The largest absolute Gasteiger partial charge is 0.457 e. The first kappa shape index (κ1) is 24.7. The molecule has 0 atom stereocenters. The molecule has 0 saturated heterocycles. The number of nitrogens with zero attached hydrogens (tertiary/aromatic N) is 1. The standard InChI is InChI=1S/C28H24N2O5S/c1-21(31)22-9-8-10-23(19-22)29-28(32)20-30(36(33,34)27-13-6-3-7-14-27)24-15-17-26(18-16-24)35-25-11-4-2-5-12-25/h2-19H,20H2,1H3,(H,29,32). The van der Waals surface area contributed by atoms with E-state index in [9.17, 15) is 18.0 Å².